The third kappa shape index (κ3) is 5.44. The minimum Gasteiger partial charge on any atom is -0.497 e. The summed E-state index contributed by atoms with van der Waals surface area (Å²) in [7, 11) is 1.59. The van der Waals surface area contributed by atoms with E-state index in [2.05, 4.69) is 0 Å². The van der Waals surface area contributed by atoms with Crippen LogP contribution < -0.4 is 4.74 Å². The van der Waals surface area contributed by atoms with Gasteiger partial charge in [0.1, 0.15) is 5.75 Å². The van der Waals surface area contributed by atoms with Gasteiger partial charge in [-0.25, -0.2) is 0 Å². The molecular weight excluding hydrogens is 281 g/mol. The van der Waals surface area contributed by atoms with E-state index in [-0.39, 0.29) is 29.8 Å². The van der Waals surface area contributed by atoms with Crippen molar-refractivity contribution in [1.29, 1.82) is 5.41 Å². The fourth-order valence-corrected chi connectivity index (χ4v) is 1.93. The molecule has 1 rings (SSSR count). The van der Waals surface area contributed by atoms with Crippen molar-refractivity contribution >= 4 is 46.6 Å². The molecule has 0 heterocycles. The van der Waals surface area contributed by atoms with Gasteiger partial charge in [-0.05, 0) is 24.3 Å². The highest BCUT2D eigenvalue weighted by Crippen LogP contribution is 2.16. The second kappa shape index (κ2) is 8.39. The maximum atomic E-state index is 11.0. The maximum Gasteiger partial charge on any atom is 0.157 e. The van der Waals surface area contributed by atoms with Gasteiger partial charge in [0, 0.05) is 5.56 Å². The third-order valence-electron chi connectivity index (χ3n) is 1.88. The Hall–Kier alpha value is -0.710. The lowest BCUT2D eigenvalue weighted by atomic mass is 10.2. The van der Waals surface area contributed by atoms with E-state index in [1.54, 1.807) is 31.4 Å². The summed E-state index contributed by atoms with van der Waals surface area (Å²) in [5.41, 5.74) is 0.771. The second-order valence-corrected chi connectivity index (χ2v) is 4.27. The van der Waals surface area contributed by atoms with Crippen molar-refractivity contribution < 1.29 is 9.53 Å². The minimum atomic E-state index is -0.0649. The van der Waals surface area contributed by atoms with Crippen LogP contribution in [0.3, 0.4) is 0 Å². The Morgan fingerprint density at radius 3 is 2.47 bits per heavy atom. The predicted octanol–water partition coefficient (Wildman–Crippen LogP) is 2.98. The van der Waals surface area contributed by atoms with E-state index in [0.29, 0.717) is 5.04 Å². The first-order valence-electron chi connectivity index (χ1n) is 4.61. The zero-order chi connectivity index (χ0) is 12.0. The molecule has 0 bridgehead atoms. The smallest absolute Gasteiger partial charge is 0.157 e. The zero-order valence-electron chi connectivity index (χ0n) is 9.23. The summed E-state index contributed by atoms with van der Waals surface area (Å²) in [6, 6.07) is 7.15. The van der Waals surface area contributed by atoms with Gasteiger partial charge in [-0.3, -0.25) is 10.2 Å². The molecule has 0 saturated carbocycles. The molecule has 3 nitrogen and oxygen atoms in total. The van der Waals surface area contributed by atoms with E-state index >= 15 is 0 Å². The van der Waals surface area contributed by atoms with Crippen LogP contribution in [0.15, 0.2) is 24.3 Å². The summed E-state index contributed by atoms with van der Waals surface area (Å²) in [5.74, 6) is 0.931. The molecule has 0 spiro atoms. The Kier molecular flexibility index (Phi) is 8.04. The number of alkyl halides is 1. The molecule has 0 amide bonds. The van der Waals surface area contributed by atoms with Gasteiger partial charge in [0.15, 0.2) is 5.78 Å². The number of nitrogens with one attached hydrogen (secondary N) is 1. The lowest BCUT2D eigenvalue weighted by Crippen LogP contribution is -2.05. The highest BCUT2D eigenvalue weighted by molar-refractivity contribution is 8.14. The quantitative estimate of drug-likeness (QED) is 0.516. The van der Waals surface area contributed by atoms with Crippen LogP contribution in [-0.2, 0) is 4.79 Å². The van der Waals surface area contributed by atoms with Crippen LogP contribution in [0.2, 0.25) is 0 Å². The standard InChI is InChI=1S/C11H12ClNO2S.ClH/c1-15-10-4-2-8(3-5-10)11(13)16-7-9(14)6-12;/h2-5,13H,6-7H2,1H3;1H. The summed E-state index contributed by atoms with van der Waals surface area (Å²) in [6.07, 6.45) is 0. The van der Waals surface area contributed by atoms with Gasteiger partial charge in [0.25, 0.3) is 0 Å². The first-order chi connectivity index (χ1) is 7.67. The van der Waals surface area contributed by atoms with Crippen molar-refractivity contribution in [2.24, 2.45) is 0 Å². The summed E-state index contributed by atoms with van der Waals surface area (Å²) in [4.78, 5) is 11.0. The van der Waals surface area contributed by atoms with Crippen molar-refractivity contribution in [3.05, 3.63) is 29.8 Å². The minimum absolute atomic E-state index is 0. The Morgan fingerprint density at radius 2 is 2.00 bits per heavy atom. The van der Waals surface area contributed by atoms with Crippen molar-refractivity contribution in [2.45, 2.75) is 0 Å². The maximum absolute atomic E-state index is 11.0. The number of carbonyl (C=O) groups excluding carboxylic acids is 1. The zero-order valence-corrected chi connectivity index (χ0v) is 11.6. The number of thioether (sulfide) groups is 1. The van der Waals surface area contributed by atoms with Gasteiger partial charge in [-0.15, -0.1) is 24.0 Å². The van der Waals surface area contributed by atoms with E-state index in [9.17, 15) is 4.79 Å². The number of carbonyl (C=O) groups is 1. The summed E-state index contributed by atoms with van der Waals surface area (Å²) < 4.78 is 5.02. The van der Waals surface area contributed by atoms with E-state index in [0.717, 1.165) is 11.3 Å². The molecule has 0 radical (unpaired) electrons. The largest absolute Gasteiger partial charge is 0.497 e. The molecule has 0 unspecified atom stereocenters. The number of Topliss-reactive ketones (excluding diaryl/α,β-unsaturated/α-hetero) is 1. The van der Waals surface area contributed by atoms with Crippen LogP contribution >= 0.6 is 35.8 Å². The lowest BCUT2D eigenvalue weighted by Gasteiger charge is -2.04. The number of hydrogen-bond acceptors (Lipinski definition) is 4. The van der Waals surface area contributed by atoms with Gasteiger partial charge in [0.05, 0.1) is 23.8 Å². The average Bonchev–Trinajstić information content (AvgIpc) is 2.35. The fourth-order valence-electron chi connectivity index (χ4n) is 1.02. The first kappa shape index (κ1) is 16.3. The molecule has 0 aliphatic heterocycles. The Bertz CT molecular complexity index is 382. The van der Waals surface area contributed by atoms with Crippen LogP contribution in [0.5, 0.6) is 5.75 Å². The highest BCUT2D eigenvalue weighted by Gasteiger charge is 2.06. The average molecular weight is 294 g/mol. The van der Waals surface area contributed by atoms with Crippen molar-refractivity contribution in [1.82, 2.24) is 0 Å². The Morgan fingerprint density at radius 1 is 1.41 bits per heavy atom. The topological polar surface area (TPSA) is 50.1 Å². The van der Waals surface area contributed by atoms with Gasteiger partial charge in [-0.1, -0.05) is 11.8 Å². The number of methoxy groups -OCH3 is 1. The van der Waals surface area contributed by atoms with Crippen molar-refractivity contribution in [2.75, 3.05) is 18.7 Å². The van der Waals surface area contributed by atoms with E-state index in [4.69, 9.17) is 21.7 Å². The molecule has 6 heteroatoms. The molecule has 1 N–H and O–H groups in total. The number of ether oxygens (including phenoxy) is 1. The molecule has 17 heavy (non-hydrogen) atoms. The van der Waals surface area contributed by atoms with Gasteiger partial charge >= 0.3 is 0 Å². The number of rotatable bonds is 5. The predicted molar refractivity (Wildman–Crippen MR) is 75.3 cm³/mol. The molecule has 0 atom stereocenters. The van der Waals surface area contributed by atoms with Gasteiger partial charge in [-0.2, -0.15) is 0 Å². The number of halogens is 2. The molecule has 0 saturated heterocycles. The van der Waals surface area contributed by atoms with Gasteiger partial charge in [0.2, 0.25) is 0 Å². The van der Waals surface area contributed by atoms with E-state index in [1.807, 2.05) is 0 Å². The molecule has 0 aliphatic carbocycles. The lowest BCUT2D eigenvalue weighted by molar-refractivity contribution is -0.114. The number of benzene rings is 1. The fraction of sp³-hybridized carbons (Fsp3) is 0.273. The van der Waals surface area contributed by atoms with E-state index in [1.165, 1.54) is 11.8 Å². The summed E-state index contributed by atoms with van der Waals surface area (Å²) in [5, 5.41) is 8.11. The van der Waals surface area contributed by atoms with Gasteiger partial charge < -0.3 is 4.74 Å². The molecular formula is C11H13Cl2NO2S. The van der Waals surface area contributed by atoms with Crippen LogP contribution in [0.25, 0.3) is 0 Å². The van der Waals surface area contributed by atoms with E-state index < -0.39 is 0 Å². The molecule has 94 valence electrons. The number of hydrogen-bond donors (Lipinski definition) is 1. The monoisotopic (exact) mass is 293 g/mol. The van der Waals surface area contributed by atoms with Crippen LogP contribution in [0, 0.1) is 5.41 Å². The third-order valence-corrected chi connectivity index (χ3v) is 3.17. The second-order valence-electron chi connectivity index (χ2n) is 3.02. The van der Waals surface area contributed by atoms with Crippen molar-refractivity contribution in [3.63, 3.8) is 0 Å². The molecule has 0 aromatic heterocycles. The molecule has 0 aliphatic rings. The summed E-state index contributed by atoms with van der Waals surface area (Å²) >= 11 is 6.56. The molecule has 1 aromatic rings. The molecule has 0 fully saturated rings. The first-order valence-corrected chi connectivity index (χ1v) is 6.13. The molecule has 1 aromatic carbocycles. The highest BCUT2D eigenvalue weighted by atomic mass is 35.5. The number of ketones is 1. The normalized spacial score (nSPS) is 9.29. The van der Waals surface area contributed by atoms with Crippen LogP contribution in [0.4, 0.5) is 0 Å². The van der Waals surface area contributed by atoms with Crippen LogP contribution in [-0.4, -0.2) is 29.6 Å². The van der Waals surface area contributed by atoms with Crippen LogP contribution in [0.1, 0.15) is 5.56 Å². The Balaban J connectivity index is 0.00000256. The summed E-state index contributed by atoms with van der Waals surface area (Å²) in [6.45, 7) is 0. The Labute approximate surface area is 116 Å². The SMILES string of the molecule is COc1ccc(C(=N)SCC(=O)CCl)cc1.Cl. The van der Waals surface area contributed by atoms with Crippen molar-refractivity contribution in [3.8, 4) is 5.75 Å².